The van der Waals surface area contributed by atoms with Crippen LogP contribution in [0.25, 0.3) is 0 Å². The van der Waals surface area contributed by atoms with Crippen molar-refractivity contribution in [3.63, 3.8) is 0 Å². The van der Waals surface area contributed by atoms with Gasteiger partial charge in [-0.25, -0.2) is 0 Å². The first-order chi connectivity index (χ1) is 8.48. The fourth-order valence-corrected chi connectivity index (χ4v) is 2.09. The van der Waals surface area contributed by atoms with Crippen molar-refractivity contribution in [2.24, 2.45) is 0 Å². The molecule has 5 heteroatoms. The van der Waals surface area contributed by atoms with Crippen LogP contribution in [0.5, 0.6) is 0 Å². The second kappa shape index (κ2) is 6.73. The van der Waals surface area contributed by atoms with Crippen molar-refractivity contribution < 1.29 is 14.7 Å². The first-order valence-electron chi connectivity index (χ1n) is 6.78. The highest BCUT2D eigenvalue weighted by atomic mass is 16.3. The highest BCUT2D eigenvalue weighted by Gasteiger charge is 2.38. The van der Waals surface area contributed by atoms with Crippen molar-refractivity contribution in [2.45, 2.75) is 64.0 Å². The van der Waals surface area contributed by atoms with E-state index in [0.29, 0.717) is 12.8 Å². The van der Waals surface area contributed by atoms with E-state index in [9.17, 15) is 14.7 Å². The second-order valence-corrected chi connectivity index (χ2v) is 5.12. The van der Waals surface area contributed by atoms with Gasteiger partial charge in [0.2, 0.25) is 5.91 Å². The first kappa shape index (κ1) is 15.0. The standard InChI is InChI=1S/C13H24N2O3/c1-3-10(2)15-11(16)6-9-14-12(17)13(18)7-4-5-8-13/h10,18H,3-9H2,1-2H3,(H,14,17)(H,15,16). The van der Waals surface area contributed by atoms with Gasteiger partial charge in [-0.05, 0) is 39.0 Å². The van der Waals surface area contributed by atoms with Gasteiger partial charge in [0.25, 0.3) is 5.91 Å². The predicted molar refractivity (Wildman–Crippen MR) is 68.9 cm³/mol. The highest BCUT2D eigenvalue weighted by molar-refractivity contribution is 5.85. The molecule has 5 nitrogen and oxygen atoms in total. The molecule has 1 atom stereocenters. The smallest absolute Gasteiger partial charge is 0.251 e. The number of nitrogens with one attached hydrogen (secondary N) is 2. The van der Waals surface area contributed by atoms with Crippen molar-refractivity contribution in [1.82, 2.24) is 10.6 Å². The Hall–Kier alpha value is -1.10. The second-order valence-electron chi connectivity index (χ2n) is 5.12. The summed E-state index contributed by atoms with van der Waals surface area (Å²) in [6, 6.07) is 0.159. The minimum absolute atomic E-state index is 0.0666. The van der Waals surface area contributed by atoms with E-state index in [2.05, 4.69) is 10.6 Å². The maximum Gasteiger partial charge on any atom is 0.251 e. The third-order valence-electron chi connectivity index (χ3n) is 3.51. The molecule has 3 N–H and O–H groups in total. The summed E-state index contributed by atoms with van der Waals surface area (Å²) in [7, 11) is 0. The van der Waals surface area contributed by atoms with E-state index in [-0.39, 0.29) is 30.8 Å². The molecule has 0 aromatic rings. The average molecular weight is 256 g/mol. The Morgan fingerprint density at radius 2 is 1.94 bits per heavy atom. The van der Waals surface area contributed by atoms with Crippen LogP contribution in [0.3, 0.4) is 0 Å². The number of aliphatic hydroxyl groups is 1. The molecule has 0 heterocycles. The van der Waals surface area contributed by atoms with Gasteiger partial charge in [0, 0.05) is 19.0 Å². The van der Waals surface area contributed by atoms with Crippen molar-refractivity contribution in [3.05, 3.63) is 0 Å². The van der Waals surface area contributed by atoms with Crippen molar-refractivity contribution in [1.29, 1.82) is 0 Å². The summed E-state index contributed by atoms with van der Waals surface area (Å²) < 4.78 is 0. The average Bonchev–Trinajstić information content (AvgIpc) is 2.77. The molecule has 0 aromatic carbocycles. The monoisotopic (exact) mass is 256 g/mol. The summed E-state index contributed by atoms with van der Waals surface area (Å²) in [5.74, 6) is -0.403. The Labute approximate surface area is 108 Å². The van der Waals surface area contributed by atoms with Gasteiger partial charge in [-0.1, -0.05) is 6.92 Å². The van der Waals surface area contributed by atoms with Crippen LogP contribution in [0, 0.1) is 0 Å². The minimum Gasteiger partial charge on any atom is -0.380 e. The quantitative estimate of drug-likeness (QED) is 0.655. The van der Waals surface area contributed by atoms with Gasteiger partial charge in [-0.3, -0.25) is 9.59 Å². The Balaban J connectivity index is 2.21. The Morgan fingerprint density at radius 3 is 2.50 bits per heavy atom. The van der Waals surface area contributed by atoms with E-state index >= 15 is 0 Å². The molecule has 0 saturated heterocycles. The van der Waals surface area contributed by atoms with Crippen LogP contribution in [0.1, 0.15) is 52.4 Å². The molecule has 1 aliphatic carbocycles. The molecule has 1 fully saturated rings. The molecule has 0 aliphatic heterocycles. The predicted octanol–water partition coefficient (Wildman–Crippen LogP) is 0.712. The maximum absolute atomic E-state index is 11.7. The molecular weight excluding hydrogens is 232 g/mol. The summed E-state index contributed by atoms with van der Waals surface area (Å²) in [5, 5.41) is 15.5. The van der Waals surface area contributed by atoms with E-state index in [4.69, 9.17) is 0 Å². The number of hydrogen-bond donors (Lipinski definition) is 3. The van der Waals surface area contributed by atoms with Gasteiger partial charge in [0.15, 0.2) is 0 Å². The van der Waals surface area contributed by atoms with E-state index in [1.165, 1.54) is 0 Å². The van der Waals surface area contributed by atoms with Gasteiger partial charge in [0.05, 0.1) is 0 Å². The number of rotatable bonds is 6. The summed E-state index contributed by atoms with van der Waals surface area (Å²) >= 11 is 0. The van der Waals surface area contributed by atoms with E-state index in [1.807, 2.05) is 13.8 Å². The van der Waals surface area contributed by atoms with E-state index in [0.717, 1.165) is 19.3 Å². The number of hydrogen-bond acceptors (Lipinski definition) is 3. The van der Waals surface area contributed by atoms with Crippen LogP contribution >= 0.6 is 0 Å². The van der Waals surface area contributed by atoms with Gasteiger partial charge in [-0.15, -0.1) is 0 Å². The van der Waals surface area contributed by atoms with Crippen LogP contribution in [0.2, 0.25) is 0 Å². The lowest BCUT2D eigenvalue weighted by Crippen LogP contribution is -2.45. The van der Waals surface area contributed by atoms with Crippen molar-refractivity contribution in [3.8, 4) is 0 Å². The largest absolute Gasteiger partial charge is 0.380 e. The van der Waals surface area contributed by atoms with Crippen molar-refractivity contribution in [2.75, 3.05) is 6.54 Å². The fraction of sp³-hybridized carbons (Fsp3) is 0.846. The lowest BCUT2D eigenvalue weighted by Gasteiger charge is -2.20. The molecule has 1 aliphatic rings. The lowest BCUT2D eigenvalue weighted by atomic mass is 10.0. The zero-order chi connectivity index (χ0) is 13.6. The first-order valence-corrected chi connectivity index (χ1v) is 6.78. The molecule has 1 unspecified atom stereocenters. The number of carbonyl (C=O) groups excluding carboxylic acids is 2. The third-order valence-corrected chi connectivity index (χ3v) is 3.51. The SMILES string of the molecule is CCC(C)NC(=O)CCNC(=O)C1(O)CCCC1. The fourth-order valence-electron chi connectivity index (χ4n) is 2.09. The molecular formula is C13H24N2O3. The molecule has 1 saturated carbocycles. The number of carbonyl (C=O) groups is 2. The Morgan fingerprint density at radius 1 is 1.33 bits per heavy atom. The van der Waals surface area contributed by atoms with Gasteiger partial charge in [0.1, 0.15) is 5.60 Å². The number of amides is 2. The molecule has 0 spiro atoms. The normalized spacial score (nSPS) is 19.3. The van der Waals surface area contributed by atoms with Crippen molar-refractivity contribution >= 4 is 11.8 Å². The van der Waals surface area contributed by atoms with Gasteiger partial charge < -0.3 is 15.7 Å². The maximum atomic E-state index is 11.7. The topological polar surface area (TPSA) is 78.4 Å². The molecule has 18 heavy (non-hydrogen) atoms. The zero-order valence-electron chi connectivity index (χ0n) is 11.3. The lowest BCUT2D eigenvalue weighted by molar-refractivity contribution is -0.139. The molecule has 1 rings (SSSR count). The molecule has 104 valence electrons. The Bertz CT molecular complexity index is 299. The highest BCUT2D eigenvalue weighted by Crippen LogP contribution is 2.29. The van der Waals surface area contributed by atoms with Crippen LogP contribution in [0.4, 0.5) is 0 Å². The van der Waals surface area contributed by atoms with E-state index < -0.39 is 5.60 Å². The van der Waals surface area contributed by atoms with Gasteiger partial charge in [-0.2, -0.15) is 0 Å². The van der Waals surface area contributed by atoms with Crippen LogP contribution in [0.15, 0.2) is 0 Å². The van der Waals surface area contributed by atoms with Gasteiger partial charge >= 0.3 is 0 Å². The molecule has 2 amide bonds. The molecule has 0 bridgehead atoms. The van der Waals surface area contributed by atoms with Crippen LogP contribution in [-0.4, -0.2) is 35.1 Å². The van der Waals surface area contributed by atoms with E-state index in [1.54, 1.807) is 0 Å². The summed E-state index contributed by atoms with van der Waals surface area (Å²) in [4.78, 5) is 23.2. The molecule has 0 aromatic heterocycles. The summed E-state index contributed by atoms with van der Waals surface area (Å²) in [6.45, 7) is 4.23. The van der Waals surface area contributed by atoms with Crippen LogP contribution < -0.4 is 10.6 Å². The summed E-state index contributed by atoms with van der Waals surface area (Å²) in [6.07, 6.45) is 3.97. The minimum atomic E-state index is -1.20. The van der Waals surface area contributed by atoms with Crippen LogP contribution in [-0.2, 0) is 9.59 Å². The summed E-state index contributed by atoms with van der Waals surface area (Å²) in [5.41, 5.74) is -1.20. The Kier molecular flexibility index (Phi) is 5.59. The molecule has 0 radical (unpaired) electrons. The zero-order valence-corrected chi connectivity index (χ0v) is 11.3. The third kappa shape index (κ3) is 4.29.